The fraction of sp³-hybridized carbons (Fsp3) is 0.231. The Hall–Kier alpha value is -5.38. The molecule has 6 atom stereocenters. The molecule has 8 rings (SSSR count). The maximum Gasteiger partial charge on any atom is 0.121 e. The maximum absolute atomic E-state index is 11.9. The normalized spacial score (nSPS) is 19.6. The van der Waals surface area contributed by atoms with Gasteiger partial charge in [-0.1, -0.05) is 164 Å². The van der Waals surface area contributed by atoms with Crippen molar-refractivity contribution in [3.8, 4) is 5.75 Å². The summed E-state index contributed by atoms with van der Waals surface area (Å²) in [6.45, 7) is 1.61. The predicted octanol–water partition coefficient (Wildman–Crippen LogP) is 11.2. The van der Waals surface area contributed by atoms with Gasteiger partial charge in [0.05, 0.1) is 33.0 Å². The first kappa shape index (κ1) is 40.4. The van der Waals surface area contributed by atoms with Crippen LogP contribution in [0, 0.1) is 0 Å². The van der Waals surface area contributed by atoms with Crippen LogP contribution in [0.4, 0.5) is 0 Å². The van der Waals surface area contributed by atoms with Crippen molar-refractivity contribution < 1.29 is 28.8 Å². The van der Waals surface area contributed by atoms with Crippen LogP contribution in [0.3, 0.4) is 0 Å². The van der Waals surface area contributed by atoms with Gasteiger partial charge in [-0.3, -0.25) is 0 Å². The minimum Gasteiger partial charge on any atom is -0.508 e. The zero-order chi connectivity index (χ0) is 40.1. The first-order valence-corrected chi connectivity index (χ1v) is 21.2. The van der Waals surface area contributed by atoms with Gasteiger partial charge in [-0.25, -0.2) is 0 Å². The summed E-state index contributed by atoms with van der Waals surface area (Å²) >= 11 is 1.74. The van der Waals surface area contributed by atoms with E-state index in [0.717, 1.165) is 34.2 Å². The molecule has 7 heteroatoms. The Balaban J connectivity index is 1.20. The number of benzene rings is 6. The van der Waals surface area contributed by atoms with Crippen molar-refractivity contribution in [1.82, 2.24) is 0 Å². The Morgan fingerprint density at radius 1 is 0.508 bits per heavy atom. The third kappa shape index (κ3) is 10.8. The molecule has 0 radical (unpaired) electrons. The van der Waals surface area contributed by atoms with E-state index in [1.807, 2.05) is 84.9 Å². The van der Waals surface area contributed by atoms with Gasteiger partial charge in [-0.15, -0.1) is 11.3 Å². The molecule has 1 aliphatic heterocycles. The number of ether oxygens (including phenoxy) is 5. The number of rotatable bonds is 18. The van der Waals surface area contributed by atoms with E-state index in [4.69, 9.17) is 23.7 Å². The lowest BCUT2D eigenvalue weighted by atomic mass is 9.86. The van der Waals surface area contributed by atoms with Crippen molar-refractivity contribution in [3.05, 3.63) is 231 Å². The molecule has 1 aromatic heterocycles. The molecule has 1 N–H and O–H groups in total. The fourth-order valence-electron chi connectivity index (χ4n) is 7.78. The van der Waals surface area contributed by atoms with Crippen molar-refractivity contribution in [3.63, 3.8) is 0 Å². The Labute approximate surface area is 351 Å². The van der Waals surface area contributed by atoms with Gasteiger partial charge in [0, 0.05) is 16.4 Å². The highest BCUT2D eigenvalue weighted by molar-refractivity contribution is 7.10. The molecule has 300 valence electrons. The highest BCUT2D eigenvalue weighted by atomic mass is 32.1. The average molecular weight is 803 g/mol. The summed E-state index contributed by atoms with van der Waals surface area (Å²) in [6, 6.07) is 61.3. The summed E-state index contributed by atoms with van der Waals surface area (Å²) in [4.78, 5) is 1.25. The summed E-state index contributed by atoms with van der Waals surface area (Å²) < 4.78 is 34.5. The van der Waals surface area contributed by atoms with Gasteiger partial charge < -0.3 is 28.8 Å². The van der Waals surface area contributed by atoms with Crippen LogP contribution in [0.15, 0.2) is 187 Å². The van der Waals surface area contributed by atoms with Crippen LogP contribution in [-0.4, -0.2) is 36.1 Å². The van der Waals surface area contributed by atoms with Gasteiger partial charge in [-0.05, 0) is 63.4 Å². The van der Waals surface area contributed by atoms with Gasteiger partial charge >= 0.3 is 0 Å². The predicted molar refractivity (Wildman–Crippen MR) is 233 cm³/mol. The van der Waals surface area contributed by atoms with Crippen LogP contribution in [-0.2, 0) is 56.5 Å². The van der Waals surface area contributed by atoms with Gasteiger partial charge in [0.15, 0.2) is 0 Å². The van der Waals surface area contributed by atoms with E-state index >= 15 is 0 Å². The summed E-state index contributed by atoms with van der Waals surface area (Å²) in [6.07, 6.45) is -2.40. The van der Waals surface area contributed by atoms with Gasteiger partial charge in [0.25, 0.3) is 0 Å². The number of thiophene rings is 1. The second-order valence-electron chi connectivity index (χ2n) is 15.0. The van der Waals surface area contributed by atoms with E-state index in [1.165, 1.54) is 10.4 Å². The second-order valence-corrected chi connectivity index (χ2v) is 15.9. The first-order chi connectivity index (χ1) is 29.2. The van der Waals surface area contributed by atoms with Crippen LogP contribution >= 0.6 is 11.3 Å². The molecule has 0 spiro atoms. The summed E-state index contributed by atoms with van der Waals surface area (Å²) in [5.74, 6) is 0.187. The minimum atomic E-state index is -0.734. The maximum atomic E-state index is 11.9. The first-order valence-electron chi connectivity index (χ1n) is 20.3. The third-order valence-electron chi connectivity index (χ3n) is 10.8. The molecular formula is C52H50O6S. The van der Waals surface area contributed by atoms with Crippen molar-refractivity contribution in [1.29, 1.82) is 0 Å². The molecular weight excluding hydrogens is 753 g/mol. The SMILES string of the molecule is Oc1ccc(C(Cc2ccccc2)c2cccs2)cc1[C@@H]1O[C@H](COCc2ccccc2)[C@@H](OCc2ccccc2)[C@H](OCc2ccccc2)[C@H]1OCc1ccccc1. The van der Waals surface area contributed by atoms with Crippen LogP contribution in [0.25, 0.3) is 0 Å². The zero-order valence-corrected chi connectivity index (χ0v) is 33.8. The van der Waals surface area contributed by atoms with E-state index in [-0.39, 0.29) is 18.3 Å². The summed E-state index contributed by atoms with van der Waals surface area (Å²) in [5, 5.41) is 14.0. The number of hydrogen-bond donors (Lipinski definition) is 1. The molecule has 7 aromatic rings. The van der Waals surface area contributed by atoms with Gasteiger partial charge in [-0.2, -0.15) is 0 Å². The third-order valence-corrected chi connectivity index (χ3v) is 11.8. The molecule has 0 amide bonds. The van der Waals surface area contributed by atoms with Gasteiger partial charge in [0.2, 0.25) is 0 Å². The zero-order valence-electron chi connectivity index (χ0n) is 33.0. The standard InChI is InChI=1S/C52H50O6S/c53-46-29-28-43(44(48-27-16-30-59-48)31-38-17-6-1-7-18-38)32-45(46)49-51(56-35-41-23-12-4-13-24-41)52(57-36-42-25-14-5-15-26-42)50(55-34-40-21-10-3-11-22-40)47(58-49)37-54-33-39-19-8-2-9-20-39/h1-30,32,44,47,49-53H,31,33-37H2/t44?,47-,49+,50-,51+,52+/m1/s1. The van der Waals surface area contributed by atoms with Crippen LogP contribution in [0.5, 0.6) is 5.75 Å². The highest BCUT2D eigenvalue weighted by Gasteiger charge is 2.49. The van der Waals surface area contributed by atoms with Crippen molar-refractivity contribution in [2.45, 2.75) is 69.3 Å². The van der Waals surface area contributed by atoms with E-state index in [9.17, 15) is 5.11 Å². The Bertz CT molecular complexity index is 2260. The van der Waals surface area contributed by atoms with E-state index in [1.54, 1.807) is 17.4 Å². The van der Waals surface area contributed by atoms with Crippen LogP contribution in [0.2, 0.25) is 0 Å². The quantitative estimate of drug-likeness (QED) is 0.0932. The fourth-order valence-corrected chi connectivity index (χ4v) is 8.63. The molecule has 1 aliphatic rings. The Morgan fingerprint density at radius 3 is 1.53 bits per heavy atom. The Kier molecular flexibility index (Phi) is 14.1. The lowest BCUT2D eigenvalue weighted by molar-refractivity contribution is -0.275. The molecule has 0 saturated carbocycles. The topological polar surface area (TPSA) is 66.4 Å². The van der Waals surface area contributed by atoms with Crippen molar-refractivity contribution in [2.75, 3.05) is 6.61 Å². The Morgan fingerprint density at radius 2 is 1.00 bits per heavy atom. The largest absolute Gasteiger partial charge is 0.508 e. The number of aromatic hydroxyl groups is 1. The molecule has 6 nitrogen and oxygen atoms in total. The molecule has 1 unspecified atom stereocenters. The molecule has 0 bridgehead atoms. The summed E-state index contributed by atoms with van der Waals surface area (Å²) in [5.41, 5.74) is 7.09. The lowest BCUT2D eigenvalue weighted by Gasteiger charge is -2.46. The van der Waals surface area contributed by atoms with Gasteiger partial charge in [0.1, 0.15) is 36.3 Å². The van der Waals surface area contributed by atoms with Crippen LogP contribution < -0.4 is 0 Å². The molecule has 1 fully saturated rings. The molecule has 6 aromatic carbocycles. The highest BCUT2D eigenvalue weighted by Crippen LogP contribution is 2.43. The monoisotopic (exact) mass is 802 g/mol. The molecule has 1 saturated heterocycles. The molecule has 59 heavy (non-hydrogen) atoms. The van der Waals surface area contributed by atoms with Crippen molar-refractivity contribution in [2.24, 2.45) is 0 Å². The van der Waals surface area contributed by atoms with Crippen LogP contribution in [0.1, 0.15) is 55.8 Å². The molecule has 0 aliphatic carbocycles. The molecule has 2 heterocycles. The lowest BCUT2D eigenvalue weighted by Crippen LogP contribution is -2.58. The second kappa shape index (κ2) is 20.5. The van der Waals surface area contributed by atoms with E-state index < -0.39 is 30.5 Å². The minimum absolute atomic E-state index is 0.0566. The summed E-state index contributed by atoms with van der Waals surface area (Å²) in [7, 11) is 0. The number of phenolic OH excluding ortho intramolecular Hbond substituents is 1. The number of phenols is 1. The smallest absolute Gasteiger partial charge is 0.121 e. The number of hydrogen-bond acceptors (Lipinski definition) is 7. The van der Waals surface area contributed by atoms with Crippen molar-refractivity contribution >= 4 is 11.3 Å². The average Bonchev–Trinajstić information content (AvgIpc) is 3.84. The van der Waals surface area contributed by atoms with E-state index in [2.05, 4.69) is 96.4 Å². The van der Waals surface area contributed by atoms with E-state index in [0.29, 0.717) is 32.0 Å².